The van der Waals surface area contributed by atoms with E-state index in [-0.39, 0.29) is 0 Å². The molecule has 1 atom stereocenters. The van der Waals surface area contributed by atoms with E-state index in [9.17, 15) is 0 Å². The molecule has 2 heteroatoms. The number of rotatable bonds is 4. The molecule has 0 aliphatic rings. The van der Waals surface area contributed by atoms with Gasteiger partial charge in [0.15, 0.2) is 0 Å². The van der Waals surface area contributed by atoms with Gasteiger partial charge in [-0.1, -0.05) is 29.3 Å². The van der Waals surface area contributed by atoms with E-state index in [1.54, 1.807) is 7.11 Å². The van der Waals surface area contributed by atoms with E-state index in [1.165, 1.54) is 12.8 Å². The van der Waals surface area contributed by atoms with Crippen LogP contribution in [0.2, 0.25) is 0 Å². The fraction of sp³-hybridized carbons (Fsp3) is 1.00. The van der Waals surface area contributed by atoms with Crippen LogP contribution in [0.5, 0.6) is 0 Å². The molecule has 50 valence electrons. The van der Waals surface area contributed by atoms with Crippen molar-refractivity contribution >= 4 is 15.9 Å². The fourth-order valence-electron chi connectivity index (χ4n) is 0.577. The summed E-state index contributed by atoms with van der Waals surface area (Å²) in [4.78, 5) is 0.553. The van der Waals surface area contributed by atoms with E-state index >= 15 is 0 Å². The maximum atomic E-state index is 4.91. The summed E-state index contributed by atoms with van der Waals surface area (Å²) >= 11 is 3.47. The largest absolute Gasteiger partial charge is 0.384 e. The van der Waals surface area contributed by atoms with E-state index < -0.39 is 0 Å². The molecule has 0 aromatic heterocycles. The first-order valence-corrected chi connectivity index (χ1v) is 3.85. The summed E-state index contributed by atoms with van der Waals surface area (Å²) in [6, 6.07) is 0. The zero-order valence-corrected chi connectivity index (χ0v) is 7.07. The minimum absolute atomic E-state index is 0.553. The van der Waals surface area contributed by atoms with Crippen molar-refractivity contribution in [1.82, 2.24) is 0 Å². The lowest BCUT2D eigenvalue weighted by atomic mass is 10.3. The van der Waals surface area contributed by atoms with Gasteiger partial charge in [-0.3, -0.25) is 0 Å². The summed E-state index contributed by atoms with van der Waals surface area (Å²) in [6.07, 6.45) is 2.42. The molecule has 0 saturated carbocycles. The first kappa shape index (κ1) is 8.44. The van der Waals surface area contributed by atoms with Crippen molar-refractivity contribution in [3.8, 4) is 0 Å². The van der Waals surface area contributed by atoms with Crippen molar-refractivity contribution in [3.63, 3.8) is 0 Å². The minimum Gasteiger partial charge on any atom is -0.384 e. The van der Waals surface area contributed by atoms with Crippen molar-refractivity contribution in [1.29, 1.82) is 0 Å². The second-order valence-electron chi connectivity index (χ2n) is 1.84. The monoisotopic (exact) mass is 180 g/mol. The van der Waals surface area contributed by atoms with Crippen LogP contribution in [-0.2, 0) is 4.74 Å². The van der Waals surface area contributed by atoms with Gasteiger partial charge in [-0.2, -0.15) is 0 Å². The Hall–Kier alpha value is 0.440. The summed E-state index contributed by atoms with van der Waals surface area (Å²) in [5.74, 6) is 0. The predicted octanol–water partition coefficient (Wildman–Crippen LogP) is 2.20. The van der Waals surface area contributed by atoms with E-state index in [1.807, 2.05) is 0 Å². The highest BCUT2D eigenvalue weighted by Crippen LogP contribution is 2.06. The van der Waals surface area contributed by atoms with Gasteiger partial charge < -0.3 is 4.74 Å². The van der Waals surface area contributed by atoms with Gasteiger partial charge in [-0.05, 0) is 6.42 Å². The molecule has 0 aromatic rings. The first-order valence-electron chi connectivity index (χ1n) is 2.94. The van der Waals surface area contributed by atoms with E-state index in [2.05, 4.69) is 22.9 Å². The molecule has 0 radical (unpaired) electrons. The third-order valence-corrected chi connectivity index (χ3v) is 1.67. The van der Waals surface area contributed by atoms with Gasteiger partial charge in [0.25, 0.3) is 0 Å². The number of hydrogen-bond donors (Lipinski definition) is 0. The van der Waals surface area contributed by atoms with Crippen LogP contribution in [0.1, 0.15) is 19.8 Å². The average Bonchev–Trinajstić information content (AvgIpc) is 1.68. The van der Waals surface area contributed by atoms with Gasteiger partial charge in [0, 0.05) is 11.9 Å². The molecule has 0 N–H and O–H groups in total. The van der Waals surface area contributed by atoms with Crippen LogP contribution in [0.3, 0.4) is 0 Å². The number of ether oxygens (including phenoxy) is 1. The third-order valence-electron chi connectivity index (χ3n) is 0.949. The maximum Gasteiger partial charge on any atom is 0.0587 e. The Labute approximate surface area is 59.5 Å². The number of methoxy groups -OCH3 is 1. The van der Waals surface area contributed by atoms with Crippen molar-refractivity contribution in [2.75, 3.05) is 13.7 Å². The Balaban J connectivity index is 2.92. The molecular formula is C6H13BrO. The second-order valence-corrected chi connectivity index (χ2v) is 3.14. The lowest BCUT2D eigenvalue weighted by Gasteiger charge is -2.04. The standard InChI is InChI=1S/C6H13BrO/c1-3-4-6(7)5-8-2/h6H,3-5H2,1-2H3. The highest BCUT2D eigenvalue weighted by molar-refractivity contribution is 9.09. The maximum absolute atomic E-state index is 4.91. The lowest BCUT2D eigenvalue weighted by Crippen LogP contribution is -2.04. The number of hydrogen-bond acceptors (Lipinski definition) is 1. The zero-order chi connectivity index (χ0) is 6.41. The molecule has 0 aliphatic carbocycles. The summed E-state index contributed by atoms with van der Waals surface area (Å²) in [7, 11) is 1.73. The Morgan fingerprint density at radius 2 is 2.25 bits per heavy atom. The SMILES string of the molecule is CCCC(Br)COC. The van der Waals surface area contributed by atoms with Crippen LogP contribution >= 0.6 is 15.9 Å². The summed E-state index contributed by atoms with van der Waals surface area (Å²) in [5.41, 5.74) is 0. The topological polar surface area (TPSA) is 9.23 Å². The van der Waals surface area contributed by atoms with Gasteiger partial charge >= 0.3 is 0 Å². The first-order chi connectivity index (χ1) is 3.81. The van der Waals surface area contributed by atoms with Crippen LogP contribution in [0, 0.1) is 0 Å². The van der Waals surface area contributed by atoms with E-state index in [0.717, 1.165) is 6.61 Å². The van der Waals surface area contributed by atoms with Crippen LogP contribution in [0.15, 0.2) is 0 Å². The minimum atomic E-state index is 0.553. The Bertz CT molecular complexity index is 41.8. The highest BCUT2D eigenvalue weighted by atomic mass is 79.9. The van der Waals surface area contributed by atoms with Gasteiger partial charge in [0.05, 0.1) is 6.61 Å². The molecule has 0 aliphatic heterocycles. The molecule has 0 fully saturated rings. The molecular weight excluding hydrogens is 168 g/mol. The normalized spacial score (nSPS) is 13.9. The second kappa shape index (κ2) is 5.57. The predicted molar refractivity (Wildman–Crippen MR) is 39.5 cm³/mol. The van der Waals surface area contributed by atoms with Crippen molar-refractivity contribution in [2.24, 2.45) is 0 Å². The van der Waals surface area contributed by atoms with E-state index in [4.69, 9.17) is 4.74 Å². The summed E-state index contributed by atoms with van der Waals surface area (Å²) in [5, 5.41) is 0. The highest BCUT2D eigenvalue weighted by Gasteiger charge is 1.98. The molecule has 0 saturated heterocycles. The summed E-state index contributed by atoms with van der Waals surface area (Å²) in [6.45, 7) is 3.00. The van der Waals surface area contributed by atoms with Gasteiger partial charge in [-0.25, -0.2) is 0 Å². The van der Waals surface area contributed by atoms with Crippen molar-refractivity contribution in [2.45, 2.75) is 24.6 Å². The van der Waals surface area contributed by atoms with Gasteiger partial charge in [0.1, 0.15) is 0 Å². The summed E-state index contributed by atoms with van der Waals surface area (Å²) < 4.78 is 4.91. The Kier molecular flexibility index (Phi) is 5.88. The van der Waals surface area contributed by atoms with Crippen molar-refractivity contribution < 1.29 is 4.74 Å². The van der Waals surface area contributed by atoms with Gasteiger partial charge in [-0.15, -0.1) is 0 Å². The molecule has 0 rings (SSSR count). The quantitative estimate of drug-likeness (QED) is 0.604. The molecule has 0 heterocycles. The molecule has 1 nitrogen and oxygen atoms in total. The molecule has 0 aromatic carbocycles. The van der Waals surface area contributed by atoms with Crippen LogP contribution in [-0.4, -0.2) is 18.5 Å². The molecule has 8 heavy (non-hydrogen) atoms. The van der Waals surface area contributed by atoms with Crippen LogP contribution in [0.25, 0.3) is 0 Å². The molecule has 0 spiro atoms. The smallest absolute Gasteiger partial charge is 0.0587 e. The number of alkyl halides is 1. The van der Waals surface area contributed by atoms with Crippen LogP contribution < -0.4 is 0 Å². The van der Waals surface area contributed by atoms with E-state index in [0.29, 0.717) is 4.83 Å². The fourth-order valence-corrected chi connectivity index (χ4v) is 1.30. The van der Waals surface area contributed by atoms with Gasteiger partial charge in [0.2, 0.25) is 0 Å². The molecule has 1 unspecified atom stereocenters. The zero-order valence-electron chi connectivity index (χ0n) is 5.48. The molecule has 0 amide bonds. The molecule has 0 bridgehead atoms. The average molecular weight is 181 g/mol. The Morgan fingerprint density at radius 3 is 2.62 bits per heavy atom. The lowest BCUT2D eigenvalue weighted by molar-refractivity contribution is 0.198. The third kappa shape index (κ3) is 4.60. The number of halogens is 1. The van der Waals surface area contributed by atoms with Crippen molar-refractivity contribution in [3.05, 3.63) is 0 Å². The van der Waals surface area contributed by atoms with Crippen LogP contribution in [0.4, 0.5) is 0 Å². The Morgan fingerprint density at radius 1 is 1.62 bits per heavy atom.